The number of alkyl halides is 1. The monoisotopic (exact) mass is 297 g/mol. The Morgan fingerprint density at radius 1 is 1.00 bits per heavy atom. The molecular weight excluding hydrogens is 278 g/mol. The van der Waals surface area contributed by atoms with Gasteiger partial charge in [0.25, 0.3) is 0 Å². The van der Waals surface area contributed by atoms with E-state index in [-0.39, 0.29) is 0 Å². The van der Waals surface area contributed by atoms with E-state index in [1.807, 2.05) is 0 Å². The first-order valence-electron chi connectivity index (χ1n) is 6.90. The van der Waals surface area contributed by atoms with Gasteiger partial charge in [0.2, 0.25) is 0 Å². The van der Waals surface area contributed by atoms with Crippen molar-refractivity contribution in [3.63, 3.8) is 0 Å². The molecule has 2 fully saturated rings. The Kier molecular flexibility index (Phi) is 3.50. The minimum Gasteiger partial charge on any atom is -0.311 e. The fourth-order valence-corrected chi connectivity index (χ4v) is 3.36. The lowest BCUT2D eigenvalue weighted by atomic mass is 9.99. The second-order valence-corrected chi connectivity index (χ2v) is 5.96. The van der Waals surface area contributed by atoms with Crippen LogP contribution in [0.5, 0.6) is 0 Å². The van der Waals surface area contributed by atoms with Crippen molar-refractivity contribution < 1.29 is 0 Å². The molecule has 2 saturated carbocycles. The molecule has 0 N–H and O–H groups in total. The number of rotatable bonds is 3. The van der Waals surface area contributed by atoms with Gasteiger partial charge in [0.05, 0.1) is 5.33 Å². The molecule has 17 heavy (non-hydrogen) atoms. The van der Waals surface area contributed by atoms with E-state index in [0.717, 1.165) is 11.2 Å². The average Bonchev–Trinajstić information content (AvgIpc) is 3.14. The molecule has 2 aliphatic rings. The fourth-order valence-electron chi connectivity index (χ4n) is 2.98. The molecule has 1 aromatic rings. The summed E-state index contributed by atoms with van der Waals surface area (Å²) in [4.78, 5) is 0. The highest BCUT2D eigenvalue weighted by atomic mass is 79.9. The third-order valence-corrected chi connectivity index (χ3v) is 4.55. The molecule has 2 aliphatic carbocycles. The first-order valence-corrected chi connectivity index (χ1v) is 8.02. The summed E-state index contributed by atoms with van der Waals surface area (Å²) < 4.78 is 2.44. The van der Waals surface area contributed by atoms with E-state index in [2.05, 4.69) is 30.7 Å². The van der Waals surface area contributed by atoms with Gasteiger partial charge < -0.3 is 4.57 Å². The van der Waals surface area contributed by atoms with Gasteiger partial charge in [-0.25, -0.2) is 0 Å². The van der Waals surface area contributed by atoms with E-state index in [1.165, 1.54) is 57.2 Å². The van der Waals surface area contributed by atoms with Crippen molar-refractivity contribution in [2.45, 2.75) is 68.7 Å². The molecule has 0 bridgehead atoms. The molecule has 1 heterocycles. The normalized spacial score (nSPS) is 22.6. The Balaban J connectivity index is 1.87. The van der Waals surface area contributed by atoms with Gasteiger partial charge in [-0.05, 0) is 25.7 Å². The first kappa shape index (κ1) is 11.7. The van der Waals surface area contributed by atoms with Crippen molar-refractivity contribution in [1.29, 1.82) is 0 Å². The summed E-state index contributed by atoms with van der Waals surface area (Å²) in [6.07, 6.45) is 10.8. The summed E-state index contributed by atoms with van der Waals surface area (Å²) in [6, 6.07) is 0.704. The van der Waals surface area contributed by atoms with Crippen molar-refractivity contribution in [1.82, 2.24) is 14.8 Å². The SMILES string of the molecule is BrCc1nnc(C2CCCCCC2)n1C1CC1. The summed E-state index contributed by atoms with van der Waals surface area (Å²) in [5.41, 5.74) is 0. The van der Waals surface area contributed by atoms with Crippen LogP contribution < -0.4 is 0 Å². The maximum absolute atomic E-state index is 4.50. The first-order chi connectivity index (χ1) is 8.40. The third-order valence-electron chi connectivity index (χ3n) is 4.04. The number of nitrogens with zero attached hydrogens (tertiary/aromatic N) is 3. The quantitative estimate of drug-likeness (QED) is 0.625. The lowest BCUT2D eigenvalue weighted by Crippen LogP contribution is -2.09. The molecular formula is C13H20BrN3. The van der Waals surface area contributed by atoms with Gasteiger partial charge in [-0.3, -0.25) is 0 Å². The lowest BCUT2D eigenvalue weighted by molar-refractivity contribution is 0.519. The Morgan fingerprint density at radius 2 is 1.71 bits per heavy atom. The van der Waals surface area contributed by atoms with Crippen LogP contribution in [0.4, 0.5) is 0 Å². The van der Waals surface area contributed by atoms with Crippen molar-refractivity contribution in [3.8, 4) is 0 Å². The van der Waals surface area contributed by atoms with Gasteiger partial charge in [-0.1, -0.05) is 41.6 Å². The van der Waals surface area contributed by atoms with Crippen molar-refractivity contribution in [2.75, 3.05) is 0 Å². The molecule has 1 aromatic heterocycles. The van der Waals surface area contributed by atoms with E-state index >= 15 is 0 Å². The van der Waals surface area contributed by atoms with Gasteiger partial charge in [0.15, 0.2) is 0 Å². The highest BCUT2D eigenvalue weighted by Gasteiger charge is 2.31. The molecule has 0 radical (unpaired) electrons. The second kappa shape index (κ2) is 5.09. The molecule has 0 saturated heterocycles. The summed E-state index contributed by atoms with van der Waals surface area (Å²) in [7, 11) is 0. The van der Waals surface area contributed by atoms with Crippen molar-refractivity contribution in [2.24, 2.45) is 0 Å². The zero-order valence-electron chi connectivity index (χ0n) is 10.2. The van der Waals surface area contributed by atoms with Crippen molar-refractivity contribution >= 4 is 15.9 Å². The number of halogens is 1. The van der Waals surface area contributed by atoms with E-state index < -0.39 is 0 Å². The zero-order valence-corrected chi connectivity index (χ0v) is 11.8. The Bertz CT molecular complexity index is 376. The minimum atomic E-state index is 0.665. The summed E-state index contributed by atoms with van der Waals surface area (Å²) in [5.74, 6) is 3.08. The van der Waals surface area contributed by atoms with Gasteiger partial charge in [-0.2, -0.15) is 0 Å². The molecule has 0 amide bonds. The second-order valence-electron chi connectivity index (χ2n) is 5.40. The lowest BCUT2D eigenvalue weighted by Gasteiger charge is -2.15. The Labute approximate surface area is 111 Å². The van der Waals surface area contributed by atoms with E-state index in [4.69, 9.17) is 0 Å². The molecule has 3 rings (SSSR count). The maximum Gasteiger partial charge on any atom is 0.143 e. The van der Waals surface area contributed by atoms with Gasteiger partial charge >= 0.3 is 0 Å². The van der Waals surface area contributed by atoms with Crippen LogP contribution >= 0.6 is 15.9 Å². The van der Waals surface area contributed by atoms with Crippen LogP contribution in [0.3, 0.4) is 0 Å². The average molecular weight is 298 g/mol. The van der Waals surface area contributed by atoms with E-state index in [1.54, 1.807) is 0 Å². The molecule has 0 unspecified atom stereocenters. The molecule has 0 spiro atoms. The molecule has 0 aromatic carbocycles. The number of hydrogen-bond donors (Lipinski definition) is 0. The molecule has 0 aliphatic heterocycles. The van der Waals surface area contributed by atoms with Crippen molar-refractivity contribution in [3.05, 3.63) is 11.6 Å². The standard InChI is InChI=1S/C13H20BrN3/c14-9-12-15-16-13(17(12)11-7-8-11)10-5-3-1-2-4-6-10/h10-11H,1-9H2. The molecule has 3 nitrogen and oxygen atoms in total. The smallest absolute Gasteiger partial charge is 0.143 e. The van der Waals surface area contributed by atoms with Gasteiger partial charge in [-0.15, -0.1) is 10.2 Å². The molecule has 0 atom stereocenters. The topological polar surface area (TPSA) is 30.7 Å². The third kappa shape index (κ3) is 2.42. The zero-order chi connectivity index (χ0) is 11.7. The van der Waals surface area contributed by atoms with Crippen LogP contribution in [0.1, 0.15) is 75.0 Å². The molecule has 4 heteroatoms. The van der Waals surface area contributed by atoms with Gasteiger partial charge in [0, 0.05) is 12.0 Å². The van der Waals surface area contributed by atoms with Crippen LogP contribution in [-0.2, 0) is 5.33 Å². The van der Waals surface area contributed by atoms with E-state index in [0.29, 0.717) is 12.0 Å². The summed E-state index contributed by atoms with van der Waals surface area (Å²) in [6.45, 7) is 0. The van der Waals surface area contributed by atoms with Crippen LogP contribution in [0.15, 0.2) is 0 Å². The van der Waals surface area contributed by atoms with Crippen LogP contribution in [0, 0.1) is 0 Å². The maximum atomic E-state index is 4.50. The predicted molar refractivity (Wildman–Crippen MR) is 71.4 cm³/mol. The van der Waals surface area contributed by atoms with Crippen LogP contribution in [0.2, 0.25) is 0 Å². The highest BCUT2D eigenvalue weighted by Crippen LogP contribution is 2.40. The largest absolute Gasteiger partial charge is 0.311 e. The molecule has 94 valence electrons. The number of aromatic nitrogens is 3. The number of hydrogen-bond acceptors (Lipinski definition) is 2. The summed E-state index contributed by atoms with van der Waals surface area (Å²) >= 11 is 3.53. The fraction of sp³-hybridized carbons (Fsp3) is 0.846. The highest BCUT2D eigenvalue weighted by molar-refractivity contribution is 9.08. The van der Waals surface area contributed by atoms with Gasteiger partial charge in [0.1, 0.15) is 11.6 Å². The van der Waals surface area contributed by atoms with Crippen LogP contribution in [0.25, 0.3) is 0 Å². The minimum absolute atomic E-state index is 0.665. The van der Waals surface area contributed by atoms with E-state index in [9.17, 15) is 0 Å². The predicted octanol–water partition coefficient (Wildman–Crippen LogP) is 3.95. The summed E-state index contributed by atoms with van der Waals surface area (Å²) in [5, 5.41) is 9.70. The Morgan fingerprint density at radius 3 is 2.29 bits per heavy atom. The Hall–Kier alpha value is -0.380. The van der Waals surface area contributed by atoms with Crippen LogP contribution in [-0.4, -0.2) is 14.8 Å².